The summed E-state index contributed by atoms with van der Waals surface area (Å²) in [6.07, 6.45) is 2.99. The van der Waals surface area contributed by atoms with Crippen LogP contribution in [-0.4, -0.2) is 16.2 Å². The molecule has 0 spiro atoms. The molecule has 1 aromatic heterocycles. The number of aryl methyl sites for hydroxylation is 1. The number of rotatable bonds is 3. The zero-order valence-electron chi connectivity index (χ0n) is 8.90. The average Bonchev–Trinajstić information content (AvgIpc) is 2.56. The van der Waals surface area contributed by atoms with Crippen LogP contribution in [0.15, 0.2) is 24.4 Å². The van der Waals surface area contributed by atoms with Crippen molar-refractivity contribution in [3.8, 4) is 0 Å². The number of nitrogens with zero attached hydrogens (tertiary/aromatic N) is 1. The molecule has 3 heteroatoms. The first-order valence-corrected chi connectivity index (χ1v) is 5.14. The second kappa shape index (κ2) is 4.04. The van der Waals surface area contributed by atoms with Crippen molar-refractivity contribution >= 4 is 10.9 Å². The lowest BCUT2D eigenvalue weighted by molar-refractivity contribution is 0.282. The Labute approximate surface area is 89.1 Å². The molecule has 3 nitrogen and oxygen atoms in total. The highest BCUT2D eigenvalue weighted by molar-refractivity contribution is 5.84. The summed E-state index contributed by atoms with van der Waals surface area (Å²) < 4.78 is 2.10. The van der Waals surface area contributed by atoms with E-state index in [0.29, 0.717) is 6.54 Å². The van der Waals surface area contributed by atoms with Gasteiger partial charge in [-0.3, -0.25) is 0 Å². The molecule has 3 N–H and O–H groups in total. The third-order valence-electron chi connectivity index (χ3n) is 2.73. The third kappa shape index (κ3) is 1.76. The average molecular weight is 204 g/mol. The van der Waals surface area contributed by atoms with Gasteiger partial charge in [-0.25, -0.2) is 0 Å². The molecule has 0 amide bonds. The molecule has 1 aromatic carbocycles. The van der Waals surface area contributed by atoms with Crippen LogP contribution in [-0.2, 0) is 20.1 Å². The highest BCUT2D eigenvalue weighted by Gasteiger charge is 2.06. The summed E-state index contributed by atoms with van der Waals surface area (Å²) in [6, 6.07) is 6.04. The van der Waals surface area contributed by atoms with Crippen molar-refractivity contribution in [1.29, 1.82) is 0 Å². The molecular weight excluding hydrogens is 188 g/mol. The highest BCUT2D eigenvalue weighted by atomic mass is 16.3. The molecule has 2 aromatic rings. The monoisotopic (exact) mass is 204 g/mol. The van der Waals surface area contributed by atoms with E-state index in [0.717, 1.165) is 12.0 Å². The van der Waals surface area contributed by atoms with Crippen LogP contribution in [0.5, 0.6) is 0 Å². The molecule has 1 heterocycles. The molecule has 0 saturated carbocycles. The number of hydrogen-bond donors (Lipinski definition) is 2. The van der Waals surface area contributed by atoms with Gasteiger partial charge in [-0.1, -0.05) is 6.07 Å². The second-order valence-electron chi connectivity index (χ2n) is 3.81. The van der Waals surface area contributed by atoms with Crippen LogP contribution >= 0.6 is 0 Å². The molecule has 0 aliphatic carbocycles. The number of aliphatic hydroxyl groups is 1. The topological polar surface area (TPSA) is 51.2 Å². The van der Waals surface area contributed by atoms with Gasteiger partial charge in [-0.2, -0.15) is 0 Å². The Balaban J connectivity index is 2.60. The van der Waals surface area contributed by atoms with Crippen molar-refractivity contribution in [3.63, 3.8) is 0 Å². The van der Waals surface area contributed by atoms with E-state index in [2.05, 4.69) is 10.8 Å². The molecule has 0 radical (unpaired) electrons. The molecular formula is C12H16N2O. The normalized spacial score (nSPS) is 11.1. The first-order valence-electron chi connectivity index (χ1n) is 5.14. The van der Waals surface area contributed by atoms with Crippen LogP contribution < -0.4 is 5.73 Å². The molecule has 0 atom stereocenters. The Bertz CT molecular complexity index is 474. The van der Waals surface area contributed by atoms with Crippen molar-refractivity contribution in [2.45, 2.75) is 13.0 Å². The number of fused-ring (bicyclic) bond motifs is 1. The lowest BCUT2D eigenvalue weighted by Crippen LogP contribution is -2.02. The summed E-state index contributed by atoms with van der Waals surface area (Å²) in [4.78, 5) is 0. The number of aromatic nitrogens is 1. The van der Waals surface area contributed by atoms with Crippen molar-refractivity contribution < 1.29 is 5.11 Å². The Morgan fingerprint density at radius 3 is 2.87 bits per heavy atom. The van der Waals surface area contributed by atoms with Gasteiger partial charge < -0.3 is 15.4 Å². The van der Waals surface area contributed by atoms with E-state index < -0.39 is 0 Å². The van der Waals surface area contributed by atoms with E-state index in [4.69, 9.17) is 10.8 Å². The predicted molar refractivity (Wildman–Crippen MR) is 61.6 cm³/mol. The van der Waals surface area contributed by atoms with E-state index in [1.165, 1.54) is 16.5 Å². The molecule has 0 fully saturated rings. The van der Waals surface area contributed by atoms with Gasteiger partial charge in [-0.05, 0) is 36.2 Å². The van der Waals surface area contributed by atoms with E-state index in [1.807, 2.05) is 25.2 Å². The van der Waals surface area contributed by atoms with E-state index in [1.54, 1.807) is 0 Å². The lowest BCUT2D eigenvalue weighted by Gasteiger charge is -2.00. The maximum absolute atomic E-state index is 9.09. The number of aliphatic hydroxyl groups excluding tert-OH is 1. The molecule has 0 bridgehead atoms. The van der Waals surface area contributed by atoms with Gasteiger partial charge in [-0.15, -0.1) is 0 Å². The smallest absolute Gasteiger partial charge is 0.0682 e. The molecule has 15 heavy (non-hydrogen) atoms. The molecule has 80 valence electrons. The molecule has 0 saturated heterocycles. The van der Waals surface area contributed by atoms with Gasteiger partial charge in [0.05, 0.1) is 6.61 Å². The summed E-state index contributed by atoms with van der Waals surface area (Å²) in [5, 5.41) is 10.3. The molecule has 0 aliphatic heterocycles. The predicted octanol–water partition coefficient (Wildman–Crippen LogP) is 1.17. The minimum absolute atomic E-state index is 0.0902. The summed E-state index contributed by atoms with van der Waals surface area (Å²) in [7, 11) is 2.03. The summed E-state index contributed by atoms with van der Waals surface area (Å²) in [5.74, 6) is 0. The van der Waals surface area contributed by atoms with E-state index in [9.17, 15) is 0 Å². The Morgan fingerprint density at radius 1 is 1.40 bits per heavy atom. The summed E-state index contributed by atoms with van der Waals surface area (Å²) in [5.41, 5.74) is 8.97. The zero-order valence-corrected chi connectivity index (χ0v) is 8.90. The Morgan fingerprint density at radius 2 is 2.20 bits per heavy atom. The second-order valence-corrected chi connectivity index (χ2v) is 3.81. The van der Waals surface area contributed by atoms with Crippen LogP contribution in [0, 0.1) is 0 Å². The standard InChI is InChI=1S/C12H16N2O/c1-14-7-10(4-5-13)11-6-9(8-15)2-3-12(11)14/h2-3,6-7,15H,4-5,8,13H2,1H3. The first kappa shape index (κ1) is 10.2. The molecule has 2 rings (SSSR count). The van der Waals surface area contributed by atoms with Gasteiger partial charge in [0.2, 0.25) is 0 Å². The Kier molecular flexibility index (Phi) is 2.75. The van der Waals surface area contributed by atoms with E-state index in [-0.39, 0.29) is 6.61 Å². The molecule has 0 unspecified atom stereocenters. The van der Waals surface area contributed by atoms with Crippen molar-refractivity contribution in [2.75, 3.05) is 6.54 Å². The van der Waals surface area contributed by atoms with Crippen molar-refractivity contribution in [3.05, 3.63) is 35.5 Å². The van der Waals surface area contributed by atoms with Crippen LogP contribution in [0.4, 0.5) is 0 Å². The fourth-order valence-electron chi connectivity index (χ4n) is 1.97. The van der Waals surface area contributed by atoms with Crippen LogP contribution in [0.3, 0.4) is 0 Å². The van der Waals surface area contributed by atoms with Gasteiger partial charge >= 0.3 is 0 Å². The third-order valence-corrected chi connectivity index (χ3v) is 2.73. The fraction of sp³-hybridized carbons (Fsp3) is 0.333. The SMILES string of the molecule is Cn1cc(CCN)c2cc(CO)ccc21. The van der Waals surface area contributed by atoms with Crippen molar-refractivity contribution in [2.24, 2.45) is 12.8 Å². The summed E-state index contributed by atoms with van der Waals surface area (Å²) in [6.45, 7) is 0.745. The number of hydrogen-bond acceptors (Lipinski definition) is 2. The lowest BCUT2D eigenvalue weighted by atomic mass is 10.1. The fourth-order valence-corrected chi connectivity index (χ4v) is 1.97. The van der Waals surface area contributed by atoms with Gasteiger partial charge in [0.1, 0.15) is 0 Å². The maximum Gasteiger partial charge on any atom is 0.0682 e. The highest BCUT2D eigenvalue weighted by Crippen LogP contribution is 2.22. The quantitative estimate of drug-likeness (QED) is 0.788. The number of nitrogens with two attached hydrogens (primary N) is 1. The van der Waals surface area contributed by atoms with Crippen LogP contribution in [0.2, 0.25) is 0 Å². The van der Waals surface area contributed by atoms with E-state index >= 15 is 0 Å². The van der Waals surface area contributed by atoms with Crippen LogP contribution in [0.1, 0.15) is 11.1 Å². The van der Waals surface area contributed by atoms with Gasteiger partial charge in [0.25, 0.3) is 0 Å². The van der Waals surface area contributed by atoms with Gasteiger partial charge in [0.15, 0.2) is 0 Å². The largest absolute Gasteiger partial charge is 0.392 e. The summed E-state index contributed by atoms with van der Waals surface area (Å²) >= 11 is 0. The minimum Gasteiger partial charge on any atom is -0.392 e. The van der Waals surface area contributed by atoms with Crippen LogP contribution in [0.25, 0.3) is 10.9 Å². The number of benzene rings is 1. The molecule has 0 aliphatic rings. The zero-order chi connectivity index (χ0) is 10.8. The Hall–Kier alpha value is -1.32. The minimum atomic E-state index is 0.0902. The van der Waals surface area contributed by atoms with Gasteiger partial charge in [0, 0.05) is 24.1 Å². The first-order chi connectivity index (χ1) is 7.26. The van der Waals surface area contributed by atoms with Crippen molar-refractivity contribution in [1.82, 2.24) is 4.57 Å². The maximum atomic E-state index is 9.09.